The van der Waals surface area contributed by atoms with E-state index in [0.717, 1.165) is 35.1 Å². The Morgan fingerprint density at radius 3 is 2.41 bits per heavy atom. The van der Waals surface area contributed by atoms with Gasteiger partial charge in [0.1, 0.15) is 0 Å². The lowest BCUT2D eigenvalue weighted by Gasteiger charge is -2.33. The van der Waals surface area contributed by atoms with Gasteiger partial charge in [0.25, 0.3) is 6.43 Å². The van der Waals surface area contributed by atoms with Crippen LogP contribution in [0.3, 0.4) is 0 Å². The minimum absolute atomic E-state index is 0.0343. The molecule has 2 aromatic carbocycles. The monoisotopic (exact) mass is 457 g/mol. The second kappa shape index (κ2) is 7.48. The lowest BCUT2D eigenvalue weighted by atomic mass is 9.93. The van der Waals surface area contributed by atoms with Crippen molar-refractivity contribution in [1.82, 2.24) is 18.9 Å². The van der Waals surface area contributed by atoms with Crippen LogP contribution in [0, 0.1) is 0 Å². The van der Waals surface area contributed by atoms with Crippen LogP contribution in [0.5, 0.6) is 0 Å². The number of rotatable bonds is 3. The third-order valence-corrected chi connectivity index (χ3v) is 6.55. The van der Waals surface area contributed by atoms with E-state index in [4.69, 9.17) is 11.6 Å². The molecular weight excluding hydrogens is 436 g/mol. The zero-order chi connectivity index (χ0) is 22.7. The van der Waals surface area contributed by atoms with Gasteiger partial charge in [-0.2, -0.15) is 5.10 Å². The summed E-state index contributed by atoms with van der Waals surface area (Å²) in [5, 5.41) is 4.61. The molecule has 0 saturated heterocycles. The Labute approximate surface area is 188 Å². The first-order chi connectivity index (χ1) is 15.3. The van der Waals surface area contributed by atoms with E-state index in [2.05, 4.69) is 5.10 Å². The maximum atomic E-state index is 14.1. The smallest absolute Gasteiger partial charge is 0.328 e. The van der Waals surface area contributed by atoms with Crippen LogP contribution in [0.4, 0.5) is 20.2 Å². The van der Waals surface area contributed by atoms with Gasteiger partial charge in [-0.05, 0) is 48.2 Å². The molecular formula is C23H22ClF2N5O. The summed E-state index contributed by atoms with van der Waals surface area (Å²) < 4.78 is 32.9. The van der Waals surface area contributed by atoms with Gasteiger partial charge < -0.3 is 4.90 Å². The standard InChI is InChI=1S/C23H22ClF2N5O/c1-28-12-14(11-27-28)15-7-13-5-4-6-31(18(13)8-16(15)22(25)26)19-10-21-20(9-17(19)24)29(2)23(32)30(21)3/h7-12,22H,4-6H2,1-3H3. The average molecular weight is 458 g/mol. The molecule has 0 fully saturated rings. The van der Waals surface area contributed by atoms with Gasteiger partial charge in [0.15, 0.2) is 0 Å². The molecule has 2 aromatic heterocycles. The van der Waals surface area contributed by atoms with E-state index in [9.17, 15) is 13.6 Å². The zero-order valence-electron chi connectivity index (χ0n) is 17.9. The van der Waals surface area contributed by atoms with Crippen molar-refractivity contribution >= 4 is 34.0 Å². The van der Waals surface area contributed by atoms with Gasteiger partial charge in [0.2, 0.25) is 0 Å². The number of fused-ring (bicyclic) bond motifs is 2. The number of benzene rings is 2. The first kappa shape index (κ1) is 20.8. The Balaban J connectivity index is 1.70. The zero-order valence-corrected chi connectivity index (χ0v) is 18.7. The summed E-state index contributed by atoms with van der Waals surface area (Å²) >= 11 is 6.64. The molecule has 6 nitrogen and oxygen atoms in total. The van der Waals surface area contributed by atoms with E-state index < -0.39 is 6.43 Å². The summed E-state index contributed by atoms with van der Waals surface area (Å²) in [5.74, 6) is 0. The quantitative estimate of drug-likeness (QED) is 0.437. The Hall–Kier alpha value is -3.13. The molecule has 0 radical (unpaired) electrons. The van der Waals surface area contributed by atoms with E-state index in [-0.39, 0.29) is 11.3 Å². The molecule has 0 N–H and O–H groups in total. The summed E-state index contributed by atoms with van der Waals surface area (Å²) in [6, 6.07) is 7.06. The molecule has 0 aliphatic carbocycles. The molecule has 0 atom stereocenters. The third kappa shape index (κ3) is 3.12. The molecule has 3 heterocycles. The maximum absolute atomic E-state index is 14.1. The van der Waals surface area contributed by atoms with Crippen molar-refractivity contribution in [2.75, 3.05) is 11.4 Å². The molecule has 0 bridgehead atoms. The van der Waals surface area contributed by atoms with Crippen molar-refractivity contribution in [1.29, 1.82) is 0 Å². The van der Waals surface area contributed by atoms with Crippen LogP contribution in [-0.4, -0.2) is 25.5 Å². The largest absolute Gasteiger partial charge is 0.340 e. The first-order valence-electron chi connectivity index (χ1n) is 10.3. The summed E-state index contributed by atoms with van der Waals surface area (Å²) in [6.45, 7) is 0.647. The van der Waals surface area contributed by atoms with Crippen molar-refractivity contribution < 1.29 is 8.78 Å². The molecule has 5 rings (SSSR count). The predicted octanol–water partition coefficient (Wildman–Crippen LogP) is 4.95. The van der Waals surface area contributed by atoms with Crippen LogP contribution < -0.4 is 10.6 Å². The molecule has 1 aliphatic rings. The number of anilines is 2. The maximum Gasteiger partial charge on any atom is 0.328 e. The number of hydrogen-bond acceptors (Lipinski definition) is 3. The number of aryl methyl sites for hydroxylation is 4. The number of aromatic nitrogens is 4. The highest BCUT2D eigenvalue weighted by molar-refractivity contribution is 6.34. The van der Waals surface area contributed by atoms with Crippen molar-refractivity contribution in [3.05, 3.63) is 63.3 Å². The lowest BCUT2D eigenvalue weighted by molar-refractivity contribution is 0.152. The molecule has 4 aromatic rings. The average Bonchev–Trinajstić information content (AvgIpc) is 3.29. The lowest BCUT2D eigenvalue weighted by Crippen LogP contribution is -2.25. The third-order valence-electron chi connectivity index (χ3n) is 6.25. The number of imidazole rings is 1. The van der Waals surface area contributed by atoms with Crippen LogP contribution in [0.15, 0.2) is 41.5 Å². The first-order valence-corrected chi connectivity index (χ1v) is 10.7. The summed E-state index contributed by atoms with van der Waals surface area (Å²) in [6.07, 6.45) is 2.36. The second-order valence-corrected chi connectivity index (χ2v) is 8.63. The number of hydrogen-bond donors (Lipinski definition) is 0. The SMILES string of the molecule is Cn1cc(-c2cc3c(cc2C(F)F)N(c2cc4c(cc2Cl)n(C)c(=O)n4C)CCC3)cn1. The van der Waals surface area contributed by atoms with Crippen molar-refractivity contribution in [2.24, 2.45) is 21.1 Å². The van der Waals surface area contributed by atoms with E-state index >= 15 is 0 Å². The highest BCUT2D eigenvalue weighted by atomic mass is 35.5. The number of alkyl halides is 2. The van der Waals surface area contributed by atoms with E-state index in [1.165, 1.54) is 0 Å². The van der Waals surface area contributed by atoms with E-state index in [0.29, 0.717) is 28.4 Å². The molecule has 1 aliphatic heterocycles. The highest BCUT2D eigenvalue weighted by Crippen LogP contribution is 2.43. The van der Waals surface area contributed by atoms with Gasteiger partial charge in [-0.1, -0.05) is 11.6 Å². The van der Waals surface area contributed by atoms with Crippen molar-refractivity contribution in [3.63, 3.8) is 0 Å². The Kier molecular flexibility index (Phi) is 4.85. The fourth-order valence-electron chi connectivity index (χ4n) is 4.61. The van der Waals surface area contributed by atoms with Gasteiger partial charge in [0.05, 0.1) is 27.9 Å². The van der Waals surface area contributed by atoms with Crippen LogP contribution in [-0.2, 0) is 27.6 Å². The van der Waals surface area contributed by atoms with Gasteiger partial charge in [0, 0.05) is 50.7 Å². The Morgan fingerprint density at radius 2 is 1.75 bits per heavy atom. The van der Waals surface area contributed by atoms with Gasteiger partial charge in [-0.15, -0.1) is 0 Å². The second-order valence-electron chi connectivity index (χ2n) is 8.22. The van der Waals surface area contributed by atoms with Crippen LogP contribution >= 0.6 is 11.6 Å². The minimum atomic E-state index is -2.63. The fraction of sp³-hybridized carbons (Fsp3) is 0.304. The van der Waals surface area contributed by atoms with Crippen molar-refractivity contribution in [3.8, 4) is 11.1 Å². The Morgan fingerprint density at radius 1 is 1.03 bits per heavy atom. The fourth-order valence-corrected chi connectivity index (χ4v) is 4.87. The minimum Gasteiger partial charge on any atom is -0.340 e. The normalized spacial score (nSPS) is 13.9. The molecule has 0 amide bonds. The van der Waals surface area contributed by atoms with E-state index in [1.54, 1.807) is 59.5 Å². The predicted molar refractivity (Wildman–Crippen MR) is 122 cm³/mol. The topological polar surface area (TPSA) is 48.0 Å². The molecule has 9 heteroatoms. The Bertz CT molecular complexity index is 1420. The van der Waals surface area contributed by atoms with Crippen LogP contribution in [0.1, 0.15) is 24.0 Å². The molecule has 0 saturated carbocycles. The number of nitrogens with zero attached hydrogens (tertiary/aromatic N) is 5. The number of halogens is 3. The summed E-state index contributed by atoms with van der Waals surface area (Å²) in [5.41, 5.74) is 4.87. The highest BCUT2D eigenvalue weighted by Gasteiger charge is 2.26. The summed E-state index contributed by atoms with van der Waals surface area (Å²) in [7, 11) is 5.17. The van der Waals surface area contributed by atoms with Gasteiger partial charge in [-0.25, -0.2) is 13.6 Å². The van der Waals surface area contributed by atoms with Crippen LogP contribution in [0.2, 0.25) is 5.02 Å². The summed E-state index contributed by atoms with van der Waals surface area (Å²) in [4.78, 5) is 14.3. The van der Waals surface area contributed by atoms with Crippen LogP contribution in [0.25, 0.3) is 22.2 Å². The molecule has 32 heavy (non-hydrogen) atoms. The molecule has 166 valence electrons. The molecule has 0 unspecified atom stereocenters. The van der Waals surface area contributed by atoms with E-state index in [1.807, 2.05) is 17.0 Å². The van der Waals surface area contributed by atoms with Gasteiger partial charge in [-0.3, -0.25) is 13.8 Å². The molecule has 0 spiro atoms. The van der Waals surface area contributed by atoms with Crippen molar-refractivity contribution in [2.45, 2.75) is 19.3 Å². The van der Waals surface area contributed by atoms with Gasteiger partial charge >= 0.3 is 5.69 Å².